The summed E-state index contributed by atoms with van der Waals surface area (Å²) in [4.78, 5) is 12.3. The summed E-state index contributed by atoms with van der Waals surface area (Å²) < 4.78 is 10.3. The van der Waals surface area contributed by atoms with Crippen molar-refractivity contribution in [3.63, 3.8) is 0 Å². The number of hydrogen-bond donors (Lipinski definition) is 3. The largest absolute Gasteiger partial charge is 0.497 e. The molecular formula is C21H27N3O3S. The van der Waals surface area contributed by atoms with Gasteiger partial charge in [-0.2, -0.15) is 0 Å². The van der Waals surface area contributed by atoms with Gasteiger partial charge in [0.05, 0.1) is 19.2 Å². The molecule has 0 bridgehead atoms. The predicted molar refractivity (Wildman–Crippen MR) is 114 cm³/mol. The van der Waals surface area contributed by atoms with E-state index in [0.717, 1.165) is 33.4 Å². The van der Waals surface area contributed by atoms with Gasteiger partial charge in [-0.15, -0.1) is 11.8 Å². The molecule has 0 atom stereocenters. The minimum absolute atomic E-state index is 0.155. The van der Waals surface area contributed by atoms with E-state index >= 15 is 0 Å². The Labute approximate surface area is 170 Å². The van der Waals surface area contributed by atoms with Crippen LogP contribution in [0.15, 0.2) is 59.6 Å². The van der Waals surface area contributed by atoms with Crippen LogP contribution in [0, 0.1) is 0 Å². The molecule has 4 N–H and O–H groups in total. The molecule has 0 saturated heterocycles. The number of nitrogens with two attached hydrogens (primary N) is 1. The molecule has 0 radical (unpaired) electrons. The molecular weight excluding hydrogens is 374 g/mol. The van der Waals surface area contributed by atoms with Crippen molar-refractivity contribution in [3.05, 3.63) is 70.8 Å². The highest BCUT2D eigenvalue weighted by atomic mass is 32.2. The predicted octanol–water partition coefficient (Wildman–Crippen LogP) is 2.64. The van der Waals surface area contributed by atoms with Crippen LogP contribution >= 0.6 is 11.8 Å². The topological polar surface area (TPSA) is 85.6 Å². The van der Waals surface area contributed by atoms with E-state index in [1.165, 1.54) is 11.8 Å². The summed E-state index contributed by atoms with van der Waals surface area (Å²) >= 11 is 1.53. The minimum Gasteiger partial charge on any atom is -0.497 e. The molecule has 28 heavy (non-hydrogen) atoms. The second-order valence-corrected chi connectivity index (χ2v) is 7.05. The average molecular weight is 402 g/mol. The third kappa shape index (κ3) is 7.54. The van der Waals surface area contributed by atoms with E-state index in [-0.39, 0.29) is 5.91 Å². The van der Waals surface area contributed by atoms with Crippen molar-refractivity contribution in [1.82, 2.24) is 10.6 Å². The molecule has 7 heteroatoms. The highest BCUT2D eigenvalue weighted by Crippen LogP contribution is 2.15. The number of carbonyl (C=O) groups excluding carboxylic acids is 1. The fourth-order valence-electron chi connectivity index (χ4n) is 2.35. The van der Waals surface area contributed by atoms with Crippen LogP contribution in [0.4, 0.5) is 0 Å². The molecule has 0 spiro atoms. The Bertz CT molecular complexity index is 761. The Morgan fingerprint density at radius 3 is 1.89 bits per heavy atom. The zero-order valence-corrected chi connectivity index (χ0v) is 17.1. The number of nitrogens with one attached hydrogen (secondary N) is 2. The van der Waals surface area contributed by atoms with Gasteiger partial charge in [0, 0.05) is 31.5 Å². The molecule has 0 fully saturated rings. The van der Waals surface area contributed by atoms with Crippen LogP contribution in [0.5, 0.6) is 11.5 Å². The maximum atomic E-state index is 12.3. The van der Waals surface area contributed by atoms with Gasteiger partial charge in [0.1, 0.15) is 11.5 Å². The molecule has 0 aromatic heterocycles. The number of carbonyl (C=O) groups is 1. The lowest BCUT2D eigenvalue weighted by Crippen LogP contribution is -2.23. The number of methoxy groups -OCH3 is 2. The number of hydrogen-bond acceptors (Lipinski definition) is 6. The molecule has 0 saturated carbocycles. The van der Waals surface area contributed by atoms with Crippen molar-refractivity contribution >= 4 is 17.7 Å². The van der Waals surface area contributed by atoms with Crippen molar-refractivity contribution in [1.29, 1.82) is 0 Å². The van der Waals surface area contributed by atoms with Crippen molar-refractivity contribution in [2.45, 2.75) is 13.1 Å². The van der Waals surface area contributed by atoms with Gasteiger partial charge in [-0.05, 0) is 35.4 Å². The van der Waals surface area contributed by atoms with E-state index in [1.54, 1.807) is 20.3 Å². The lowest BCUT2D eigenvalue weighted by molar-refractivity contribution is -0.116. The minimum atomic E-state index is -0.155. The van der Waals surface area contributed by atoms with Crippen molar-refractivity contribution in [2.75, 3.05) is 26.5 Å². The van der Waals surface area contributed by atoms with Crippen LogP contribution in [-0.4, -0.2) is 32.4 Å². The smallest absolute Gasteiger partial charge is 0.246 e. The first-order valence-electron chi connectivity index (χ1n) is 8.96. The molecule has 0 heterocycles. The second-order valence-electron chi connectivity index (χ2n) is 5.91. The molecule has 6 nitrogen and oxygen atoms in total. The van der Waals surface area contributed by atoms with Crippen LogP contribution in [0.2, 0.25) is 0 Å². The molecule has 2 aromatic carbocycles. The number of rotatable bonds is 11. The molecule has 150 valence electrons. The fraction of sp³-hybridized carbons (Fsp3) is 0.286. The van der Waals surface area contributed by atoms with Gasteiger partial charge in [-0.3, -0.25) is 4.79 Å². The van der Waals surface area contributed by atoms with Crippen LogP contribution in [0.3, 0.4) is 0 Å². The van der Waals surface area contributed by atoms with E-state index < -0.39 is 0 Å². The van der Waals surface area contributed by atoms with Gasteiger partial charge in [0.15, 0.2) is 0 Å². The number of benzene rings is 2. The van der Waals surface area contributed by atoms with E-state index in [2.05, 4.69) is 10.6 Å². The van der Waals surface area contributed by atoms with Gasteiger partial charge in [0.2, 0.25) is 5.91 Å². The Morgan fingerprint density at radius 1 is 0.929 bits per heavy atom. The highest BCUT2D eigenvalue weighted by molar-refractivity contribution is 8.03. The standard InChI is InChI=1S/C21H27N3O3S/c1-26-18-7-3-16(4-8-18)14-23-20(25)13-21(28-12-11-22)24-15-17-5-9-19(27-2)10-6-17/h3-10,13,24H,11-12,14-15,22H2,1-2H3,(H,23,25)/b21-13+. The van der Waals surface area contributed by atoms with Crippen molar-refractivity contribution < 1.29 is 14.3 Å². The summed E-state index contributed by atoms with van der Waals surface area (Å²) in [6.45, 7) is 1.60. The molecule has 2 rings (SSSR count). The van der Waals surface area contributed by atoms with Gasteiger partial charge in [0.25, 0.3) is 0 Å². The Balaban J connectivity index is 1.91. The maximum absolute atomic E-state index is 12.3. The van der Waals surface area contributed by atoms with E-state index in [9.17, 15) is 4.79 Å². The van der Waals surface area contributed by atoms with Crippen molar-refractivity contribution in [3.8, 4) is 11.5 Å². The van der Waals surface area contributed by atoms with Crippen molar-refractivity contribution in [2.24, 2.45) is 5.73 Å². The lowest BCUT2D eigenvalue weighted by atomic mass is 10.2. The van der Waals surface area contributed by atoms with E-state index in [4.69, 9.17) is 15.2 Å². The van der Waals surface area contributed by atoms with Gasteiger partial charge in [-0.25, -0.2) is 0 Å². The van der Waals surface area contributed by atoms with Gasteiger partial charge >= 0.3 is 0 Å². The summed E-state index contributed by atoms with van der Waals surface area (Å²) in [5.74, 6) is 2.18. The fourth-order valence-corrected chi connectivity index (χ4v) is 3.05. The monoisotopic (exact) mass is 401 g/mol. The summed E-state index contributed by atoms with van der Waals surface area (Å²) in [7, 11) is 3.27. The normalized spacial score (nSPS) is 11.0. The first-order valence-corrected chi connectivity index (χ1v) is 9.95. The molecule has 0 aliphatic carbocycles. The van der Waals surface area contributed by atoms with Gasteiger partial charge < -0.3 is 25.8 Å². The first kappa shape index (κ1) is 21.7. The maximum Gasteiger partial charge on any atom is 0.246 e. The van der Waals surface area contributed by atoms with Crippen LogP contribution < -0.4 is 25.8 Å². The number of thioether (sulfide) groups is 1. The molecule has 0 unspecified atom stereocenters. The summed E-state index contributed by atoms with van der Waals surface area (Å²) in [5.41, 5.74) is 7.71. The van der Waals surface area contributed by atoms with E-state index in [0.29, 0.717) is 19.6 Å². The van der Waals surface area contributed by atoms with Crippen LogP contribution in [-0.2, 0) is 17.9 Å². The zero-order chi connectivity index (χ0) is 20.2. The molecule has 1 amide bonds. The summed E-state index contributed by atoms with van der Waals surface area (Å²) in [6, 6.07) is 15.4. The summed E-state index contributed by atoms with van der Waals surface area (Å²) in [5, 5.41) is 6.99. The third-order valence-corrected chi connectivity index (χ3v) is 4.90. The van der Waals surface area contributed by atoms with Crippen LogP contribution in [0.1, 0.15) is 11.1 Å². The zero-order valence-electron chi connectivity index (χ0n) is 16.2. The lowest BCUT2D eigenvalue weighted by Gasteiger charge is -2.11. The number of amides is 1. The second kappa shape index (κ2) is 11.9. The molecule has 0 aliphatic heterocycles. The van der Waals surface area contributed by atoms with Gasteiger partial charge in [-0.1, -0.05) is 24.3 Å². The van der Waals surface area contributed by atoms with E-state index in [1.807, 2.05) is 48.5 Å². The Morgan fingerprint density at radius 2 is 1.43 bits per heavy atom. The molecule has 0 aliphatic rings. The SMILES string of the molecule is COc1ccc(CNC(=O)/C=C(\NCc2ccc(OC)cc2)SCCN)cc1. The van der Waals surface area contributed by atoms with Crippen LogP contribution in [0.25, 0.3) is 0 Å². The Hall–Kier alpha value is -2.64. The molecule has 2 aromatic rings. The highest BCUT2D eigenvalue weighted by Gasteiger charge is 2.04. The first-order chi connectivity index (χ1) is 13.6. The number of ether oxygens (including phenoxy) is 2. The summed E-state index contributed by atoms with van der Waals surface area (Å²) in [6.07, 6.45) is 1.58. The third-order valence-electron chi connectivity index (χ3n) is 3.89. The quantitative estimate of drug-likeness (QED) is 0.502. The Kier molecular flexibility index (Phi) is 9.24. The average Bonchev–Trinajstić information content (AvgIpc) is 2.74.